The number of nitrogens with zero attached hydrogens (tertiary/aromatic N) is 3. The number of halogens is 1. The van der Waals surface area contributed by atoms with Crippen molar-refractivity contribution >= 4 is 17.0 Å². The van der Waals surface area contributed by atoms with Crippen LogP contribution in [0.5, 0.6) is 0 Å². The van der Waals surface area contributed by atoms with E-state index in [1.54, 1.807) is 29.2 Å². The van der Waals surface area contributed by atoms with Gasteiger partial charge >= 0.3 is 0 Å². The Morgan fingerprint density at radius 1 is 1.32 bits per heavy atom. The van der Waals surface area contributed by atoms with Crippen LogP contribution in [0.15, 0.2) is 36.0 Å². The van der Waals surface area contributed by atoms with Crippen LogP contribution in [0.25, 0.3) is 16.3 Å². The SMILES string of the molecule is Cc1nn(-c2nccs2)cc1-c1ccc(N)cc1F. The molecular formula is C13H11FN4S. The van der Waals surface area contributed by atoms with Crippen LogP contribution in [0, 0.1) is 12.7 Å². The zero-order valence-corrected chi connectivity index (χ0v) is 11.0. The normalized spacial score (nSPS) is 10.8. The Hall–Kier alpha value is -2.21. The van der Waals surface area contributed by atoms with Crippen LogP contribution < -0.4 is 5.73 Å². The van der Waals surface area contributed by atoms with Gasteiger partial charge in [-0.2, -0.15) is 5.10 Å². The zero-order chi connectivity index (χ0) is 13.4. The molecule has 0 aliphatic rings. The lowest BCUT2D eigenvalue weighted by Gasteiger charge is -2.02. The van der Waals surface area contributed by atoms with Crippen molar-refractivity contribution in [3.05, 3.63) is 47.5 Å². The minimum atomic E-state index is -0.346. The van der Waals surface area contributed by atoms with E-state index in [1.807, 2.05) is 12.3 Å². The first-order valence-electron chi connectivity index (χ1n) is 5.66. The Labute approximate surface area is 113 Å². The van der Waals surface area contributed by atoms with Gasteiger partial charge < -0.3 is 5.73 Å². The van der Waals surface area contributed by atoms with Crippen molar-refractivity contribution in [1.29, 1.82) is 0 Å². The van der Waals surface area contributed by atoms with Crippen LogP contribution in [0.3, 0.4) is 0 Å². The van der Waals surface area contributed by atoms with Crippen molar-refractivity contribution in [2.24, 2.45) is 0 Å². The van der Waals surface area contributed by atoms with Gasteiger partial charge in [-0.3, -0.25) is 0 Å². The summed E-state index contributed by atoms with van der Waals surface area (Å²) in [4.78, 5) is 4.18. The molecule has 0 unspecified atom stereocenters. The van der Waals surface area contributed by atoms with Gasteiger partial charge in [0.05, 0.1) is 5.69 Å². The van der Waals surface area contributed by atoms with Gasteiger partial charge in [-0.05, 0) is 25.1 Å². The fourth-order valence-corrected chi connectivity index (χ4v) is 2.47. The summed E-state index contributed by atoms with van der Waals surface area (Å²) < 4.78 is 15.6. The van der Waals surface area contributed by atoms with E-state index in [0.29, 0.717) is 11.3 Å². The van der Waals surface area contributed by atoms with Gasteiger partial charge in [0.2, 0.25) is 5.13 Å². The Kier molecular flexibility index (Phi) is 2.79. The van der Waals surface area contributed by atoms with Crippen molar-refractivity contribution in [1.82, 2.24) is 14.8 Å². The van der Waals surface area contributed by atoms with Crippen LogP contribution >= 0.6 is 11.3 Å². The van der Waals surface area contributed by atoms with E-state index in [4.69, 9.17) is 5.73 Å². The maximum Gasteiger partial charge on any atom is 0.210 e. The van der Waals surface area contributed by atoms with Crippen LogP contribution in [0.4, 0.5) is 10.1 Å². The predicted octanol–water partition coefficient (Wildman–Crippen LogP) is 3.03. The van der Waals surface area contributed by atoms with Gasteiger partial charge in [0.15, 0.2) is 0 Å². The summed E-state index contributed by atoms with van der Waals surface area (Å²) >= 11 is 1.48. The van der Waals surface area contributed by atoms with E-state index in [0.717, 1.165) is 16.4 Å². The molecule has 6 heteroatoms. The fraction of sp³-hybridized carbons (Fsp3) is 0.0769. The maximum absolute atomic E-state index is 13.9. The first-order chi connectivity index (χ1) is 9.15. The number of aromatic nitrogens is 3. The minimum Gasteiger partial charge on any atom is -0.399 e. The van der Waals surface area contributed by atoms with E-state index in [9.17, 15) is 4.39 Å². The highest BCUT2D eigenvalue weighted by atomic mass is 32.1. The summed E-state index contributed by atoms with van der Waals surface area (Å²) in [7, 11) is 0. The molecule has 0 radical (unpaired) electrons. The molecule has 3 aromatic rings. The number of thiazole rings is 1. The summed E-state index contributed by atoms with van der Waals surface area (Å²) in [6.45, 7) is 1.84. The average molecular weight is 274 g/mol. The summed E-state index contributed by atoms with van der Waals surface area (Å²) in [5.74, 6) is -0.346. The second kappa shape index (κ2) is 4.47. The number of benzene rings is 1. The molecule has 2 N–H and O–H groups in total. The number of aryl methyl sites for hydroxylation is 1. The van der Waals surface area contributed by atoms with Gasteiger partial charge in [0.25, 0.3) is 0 Å². The zero-order valence-electron chi connectivity index (χ0n) is 10.2. The lowest BCUT2D eigenvalue weighted by Crippen LogP contribution is -1.92. The summed E-state index contributed by atoms with van der Waals surface area (Å²) in [5.41, 5.74) is 7.95. The van der Waals surface area contributed by atoms with E-state index in [2.05, 4.69) is 10.1 Å². The predicted molar refractivity (Wildman–Crippen MR) is 73.8 cm³/mol. The topological polar surface area (TPSA) is 56.7 Å². The van der Waals surface area contributed by atoms with Crippen molar-refractivity contribution in [3.63, 3.8) is 0 Å². The van der Waals surface area contributed by atoms with E-state index < -0.39 is 0 Å². The fourth-order valence-electron chi connectivity index (χ4n) is 1.90. The molecule has 0 bridgehead atoms. The van der Waals surface area contributed by atoms with E-state index in [-0.39, 0.29) is 5.82 Å². The Balaban J connectivity index is 2.11. The summed E-state index contributed by atoms with van der Waals surface area (Å²) in [5, 5.41) is 6.99. The lowest BCUT2D eigenvalue weighted by atomic mass is 10.1. The smallest absolute Gasteiger partial charge is 0.210 e. The van der Waals surface area contributed by atoms with Crippen molar-refractivity contribution in [2.45, 2.75) is 6.92 Å². The minimum absolute atomic E-state index is 0.346. The third-order valence-electron chi connectivity index (χ3n) is 2.80. The third kappa shape index (κ3) is 2.10. The van der Waals surface area contributed by atoms with Crippen LogP contribution in [0.1, 0.15) is 5.69 Å². The quantitative estimate of drug-likeness (QED) is 0.731. The van der Waals surface area contributed by atoms with Crippen molar-refractivity contribution in [2.75, 3.05) is 5.73 Å². The first-order valence-corrected chi connectivity index (χ1v) is 6.54. The third-order valence-corrected chi connectivity index (χ3v) is 3.56. The number of nitrogen functional groups attached to an aromatic ring is 1. The van der Waals surface area contributed by atoms with Gasteiger partial charge in [-0.15, -0.1) is 11.3 Å². The van der Waals surface area contributed by atoms with E-state index >= 15 is 0 Å². The number of anilines is 1. The molecule has 19 heavy (non-hydrogen) atoms. The lowest BCUT2D eigenvalue weighted by molar-refractivity contribution is 0.632. The Morgan fingerprint density at radius 2 is 2.16 bits per heavy atom. The van der Waals surface area contributed by atoms with E-state index in [1.165, 1.54) is 17.4 Å². The van der Waals surface area contributed by atoms with Gasteiger partial charge in [0.1, 0.15) is 5.82 Å². The molecular weight excluding hydrogens is 263 g/mol. The molecule has 0 saturated heterocycles. The highest BCUT2D eigenvalue weighted by molar-refractivity contribution is 7.12. The average Bonchev–Trinajstić information content (AvgIpc) is 2.98. The molecule has 1 aromatic carbocycles. The van der Waals surface area contributed by atoms with Gasteiger partial charge in [-0.1, -0.05) is 0 Å². The number of hydrogen-bond donors (Lipinski definition) is 1. The molecule has 2 heterocycles. The molecule has 0 fully saturated rings. The molecule has 0 amide bonds. The van der Waals surface area contributed by atoms with Crippen LogP contribution in [0.2, 0.25) is 0 Å². The largest absolute Gasteiger partial charge is 0.399 e. The number of nitrogens with two attached hydrogens (primary N) is 1. The number of hydrogen-bond acceptors (Lipinski definition) is 4. The molecule has 0 spiro atoms. The second-order valence-electron chi connectivity index (χ2n) is 4.13. The standard InChI is InChI=1S/C13H11FN4S/c1-8-11(10-3-2-9(15)6-12(10)14)7-18(17-8)13-16-4-5-19-13/h2-7H,15H2,1H3. The van der Waals surface area contributed by atoms with Gasteiger partial charge in [0, 0.05) is 34.6 Å². The summed E-state index contributed by atoms with van der Waals surface area (Å²) in [6, 6.07) is 4.66. The highest BCUT2D eigenvalue weighted by Gasteiger charge is 2.13. The Morgan fingerprint density at radius 3 is 2.84 bits per heavy atom. The maximum atomic E-state index is 13.9. The van der Waals surface area contributed by atoms with Crippen LogP contribution in [-0.2, 0) is 0 Å². The van der Waals surface area contributed by atoms with Crippen molar-refractivity contribution < 1.29 is 4.39 Å². The number of rotatable bonds is 2. The summed E-state index contributed by atoms with van der Waals surface area (Å²) in [6.07, 6.45) is 3.49. The molecule has 0 aliphatic carbocycles. The van der Waals surface area contributed by atoms with Crippen molar-refractivity contribution in [3.8, 4) is 16.3 Å². The molecule has 4 nitrogen and oxygen atoms in total. The molecule has 0 aliphatic heterocycles. The molecule has 0 atom stereocenters. The molecule has 96 valence electrons. The monoisotopic (exact) mass is 274 g/mol. The second-order valence-corrected chi connectivity index (χ2v) is 5.00. The van der Waals surface area contributed by atoms with Gasteiger partial charge in [-0.25, -0.2) is 14.1 Å². The Bertz CT molecular complexity index is 718. The van der Waals surface area contributed by atoms with Crippen LogP contribution in [-0.4, -0.2) is 14.8 Å². The first kappa shape index (κ1) is 11.9. The molecule has 3 rings (SSSR count). The highest BCUT2D eigenvalue weighted by Crippen LogP contribution is 2.28. The molecule has 0 saturated carbocycles. The molecule has 2 aromatic heterocycles.